The standard InChI is InChI=1S/C16H22F2N2O/c17-14-11(9-19)4-5-13(15(14)18)20-8-7-16(21)6-2-1-3-12(16)10-20/h4-5,12,21H,1-3,6-10,19H2. The first kappa shape index (κ1) is 14.7. The molecule has 2 atom stereocenters. The summed E-state index contributed by atoms with van der Waals surface area (Å²) >= 11 is 0. The third kappa shape index (κ3) is 2.53. The molecule has 3 N–H and O–H groups in total. The molecule has 0 aromatic heterocycles. The van der Waals surface area contributed by atoms with Crippen LogP contribution in [0.1, 0.15) is 37.7 Å². The largest absolute Gasteiger partial charge is 0.389 e. The Labute approximate surface area is 123 Å². The van der Waals surface area contributed by atoms with Crippen LogP contribution in [0.15, 0.2) is 12.1 Å². The van der Waals surface area contributed by atoms with E-state index in [0.29, 0.717) is 19.5 Å². The van der Waals surface area contributed by atoms with Crippen LogP contribution in [0.4, 0.5) is 14.5 Å². The summed E-state index contributed by atoms with van der Waals surface area (Å²) in [5.41, 5.74) is 5.28. The monoisotopic (exact) mass is 296 g/mol. The normalized spacial score (nSPS) is 29.3. The van der Waals surface area contributed by atoms with Gasteiger partial charge in [-0.1, -0.05) is 18.9 Å². The van der Waals surface area contributed by atoms with Crippen LogP contribution in [0, 0.1) is 17.6 Å². The average molecular weight is 296 g/mol. The fraction of sp³-hybridized carbons (Fsp3) is 0.625. The summed E-state index contributed by atoms with van der Waals surface area (Å²) in [6.45, 7) is 1.14. The van der Waals surface area contributed by atoms with Gasteiger partial charge in [0.1, 0.15) is 0 Å². The number of anilines is 1. The number of halogens is 2. The Kier molecular flexibility index (Phi) is 3.88. The molecule has 0 spiro atoms. The number of nitrogens with zero attached hydrogens (tertiary/aromatic N) is 1. The van der Waals surface area contributed by atoms with Crippen LogP contribution in [-0.4, -0.2) is 23.8 Å². The minimum Gasteiger partial charge on any atom is -0.389 e. The number of benzene rings is 1. The molecule has 1 aromatic carbocycles. The first-order chi connectivity index (χ1) is 10.0. The molecular weight excluding hydrogens is 274 g/mol. The molecule has 0 bridgehead atoms. The molecule has 1 aromatic rings. The van der Waals surface area contributed by atoms with Gasteiger partial charge in [-0.05, 0) is 25.3 Å². The zero-order valence-corrected chi connectivity index (χ0v) is 12.1. The van der Waals surface area contributed by atoms with Crippen molar-refractivity contribution in [3.63, 3.8) is 0 Å². The molecular formula is C16H22F2N2O. The SMILES string of the molecule is NCc1ccc(N2CCC3(O)CCCCC3C2)c(F)c1F. The summed E-state index contributed by atoms with van der Waals surface area (Å²) in [6, 6.07) is 3.16. The predicted molar refractivity (Wildman–Crippen MR) is 78.0 cm³/mol. The number of rotatable bonds is 2. The van der Waals surface area contributed by atoms with Crippen LogP contribution < -0.4 is 10.6 Å². The van der Waals surface area contributed by atoms with Gasteiger partial charge in [0.15, 0.2) is 11.6 Å². The molecule has 1 saturated carbocycles. The third-order valence-corrected chi connectivity index (χ3v) is 5.13. The van der Waals surface area contributed by atoms with Crippen molar-refractivity contribution in [3.05, 3.63) is 29.3 Å². The maximum atomic E-state index is 14.2. The first-order valence-corrected chi connectivity index (χ1v) is 7.69. The molecule has 2 unspecified atom stereocenters. The smallest absolute Gasteiger partial charge is 0.182 e. The van der Waals surface area contributed by atoms with Crippen LogP contribution in [0.5, 0.6) is 0 Å². The first-order valence-electron chi connectivity index (χ1n) is 7.69. The number of fused-ring (bicyclic) bond motifs is 1. The van der Waals surface area contributed by atoms with E-state index >= 15 is 0 Å². The van der Waals surface area contributed by atoms with Gasteiger partial charge in [-0.25, -0.2) is 8.78 Å². The number of hydrogen-bond acceptors (Lipinski definition) is 3. The molecule has 0 radical (unpaired) electrons. The Morgan fingerprint density at radius 1 is 1.24 bits per heavy atom. The lowest BCUT2D eigenvalue weighted by molar-refractivity contribution is -0.0613. The minimum atomic E-state index is -0.848. The van der Waals surface area contributed by atoms with Crippen molar-refractivity contribution in [2.75, 3.05) is 18.0 Å². The summed E-state index contributed by atoms with van der Waals surface area (Å²) in [6.07, 6.45) is 4.56. The molecule has 0 amide bonds. The number of hydrogen-bond donors (Lipinski definition) is 2. The Morgan fingerprint density at radius 2 is 2.05 bits per heavy atom. The molecule has 1 aliphatic heterocycles. The van der Waals surface area contributed by atoms with Crippen molar-refractivity contribution in [3.8, 4) is 0 Å². The molecule has 2 fully saturated rings. The van der Waals surface area contributed by atoms with E-state index in [1.165, 1.54) is 0 Å². The van der Waals surface area contributed by atoms with Gasteiger partial charge in [0.2, 0.25) is 0 Å². The zero-order valence-electron chi connectivity index (χ0n) is 12.1. The van der Waals surface area contributed by atoms with Crippen molar-refractivity contribution in [1.29, 1.82) is 0 Å². The van der Waals surface area contributed by atoms with Crippen molar-refractivity contribution in [1.82, 2.24) is 0 Å². The van der Waals surface area contributed by atoms with Gasteiger partial charge < -0.3 is 15.7 Å². The second kappa shape index (κ2) is 5.54. The van der Waals surface area contributed by atoms with E-state index in [0.717, 1.165) is 25.7 Å². The highest BCUT2D eigenvalue weighted by molar-refractivity contribution is 5.50. The van der Waals surface area contributed by atoms with Gasteiger partial charge in [0.25, 0.3) is 0 Å². The highest BCUT2D eigenvalue weighted by Crippen LogP contribution is 2.41. The Hall–Kier alpha value is -1.20. The highest BCUT2D eigenvalue weighted by atomic mass is 19.2. The van der Waals surface area contributed by atoms with E-state index in [2.05, 4.69) is 0 Å². The van der Waals surface area contributed by atoms with Crippen LogP contribution in [0.25, 0.3) is 0 Å². The van der Waals surface area contributed by atoms with Gasteiger partial charge in [-0.15, -0.1) is 0 Å². The molecule has 1 aliphatic carbocycles. The maximum absolute atomic E-state index is 14.2. The van der Waals surface area contributed by atoms with Gasteiger partial charge >= 0.3 is 0 Å². The fourth-order valence-corrected chi connectivity index (χ4v) is 3.77. The van der Waals surface area contributed by atoms with E-state index in [-0.39, 0.29) is 23.7 Å². The van der Waals surface area contributed by atoms with Crippen molar-refractivity contribution < 1.29 is 13.9 Å². The van der Waals surface area contributed by atoms with Crippen molar-refractivity contribution in [2.45, 2.75) is 44.2 Å². The van der Waals surface area contributed by atoms with Gasteiger partial charge in [0, 0.05) is 31.1 Å². The molecule has 2 aliphatic rings. The second-order valence-electron chi connectivity index (χ2n) is 6.32. The Balaban J connectivity index is 1.84. The number of piperidine rings is 1. The fourth-order valence-electron chi connectivity index (χ4n) is 3.77. The minimum absolute atomic E-state index is 0.00852. The maximum Gasteiger partial charge on any atom is 0.182 e. The molecule has 1 saturated heterocycles. The van der Waals surface area contributed by atoms with Gasteiger partial charge in [0.05, 0.1) is 11.3 Å². The van der Waals surface area contributed by atoms with Gasteiger partial charge in [-0.2, -0.15) is 0 Å². The highest BCUT2D eigenvalue weighted by Gasteiger charge is 2.43. The molecule has 3 nitrogen and oxygen atoms in total. The summed E-state index contributed by atoms with van der Waals surface area (Å²) in [4.78, 5) is 1.86. The lowest BCUT2D eigenvalue weighted by atomic mass is 9.71. The molecule has 1 heterocycles. The molecule has 3 rings (SSSR count). The van der Waals surface area contributed by atoms with Crippen LogP contribution >= 0.6 is 0 Å². The molecule has 5 heteroatoms. The summed E-state index contributed by atoms with van der Waals surface area (Å²) in [5.74, 6) is -1.52. The van der Waals surface area contributed by atoms with Crippen molar-refractivity contribution >= 4 is 5.69 Å². The topological polar surface area (TPSA) is 49.5 Å². The molecule has 116 valence electrons. The summed E-state index contributed by atoms with van der Waals surface area (Å²) in [7, 11) is 0. The Morgan fingerprint density at radius 3 is 2.81 bits per heavy atom. The van der Waals surface area contributed by atoms with Crippen LogP contribution in [0.2, 0.25) is 0 Å². The van der Waals surface area contributed by atoms with E-state index in [4.69, 9.17) is 5.73 Å². The van der Waals surface area contributed by atoms with E-state index in [1.807, 2.05) is 4.90 Å². The Bertz CT molecular complexity index is 537. The van der Waals surface area contributed by atoms with Crippen LogP contribution in [0.3, 0.4) is 0 Å². The predicted octanol–water partition coefficient (Wildman–Crippen LogP) is 2.55. The summed E-state index contributed by atoms with van der Waals surface area (Å²) < 4.78 is 28.1. The lowest BCUT2D eigenvalue weighted by Gasteiger charge is -2.48. The number of aliphatic hydroxyl groups is 1. The van der Waals surface area contributed by atoms with Gasteiger partial charge in [-0.3, -0.25) is 0 Å². The second-order valence-corrected chi connectivity index (χ2v) is 6.32. The lowest BCUT2D eigenvalue weighted by Crippen LogP contribution is -2.53. The van der Waals surface area contributed by atoms with Crippen LogP contribution in [-0.2, 0) is 6.54 Å². The van der Waals surface area contributed by atoms with Crippen molar-refractivity contribution in [2.24, 2.45) is 11.7 Å². The third-order valence-electron chi connectivity index (χ3n) is 5.13. The quantitative estimate of drug-likeness (QED) is 0.882. The van der Waals surface area contributed by atoms with E-state index in [1.54, 1.807) is 12.1 Å². The van der Waals surface area contributed by atoms with E-state index < -0.39 is 17.2 Å². The molecule has 21 heavy (non-hydrogen) atoms. The summed E-state index contributed by atoms with van der Waals surface area (Å²) in [5, 5.41) is 10.7. The average Bonchev–Trinajstić information content (AvgIpc) is 2.49. The van der Waals surface area contributed by atoms with E-state index in [9.17, 15) is 13.9 Å². The zero-order chi connectivity index (χ0) is 15.0. The number of nitrogens with two attached hydrogens (primary N) is 1.